The van der Waals surface area contributed by atoms with Gasteiger partial charge in [0.25, 0.3) is 0 Å². The SMILES string of the molecule is Cc1cc(C(N)=NO)c(-c2ccc(Cl)cc2F)c(-c2ccc(O)cc2)c1. The molecule has 0 saturated heterocycles. The molecular weight excluding hydrogens is 355 g/mol. The number of hydrogen-bond donors (Lipinski definition) is 3. The largest absolute Gasteiger partial charge is 0.508 e. The summed E-state index contributed by atoms with van der Waals surface area (Å²) in [5.41, 5.74) is 9.31. The van der Waals surface area contributed by atoms with Crippen molar-refractivity contribution in [2.45, 2.75) is 6.92 Å². The second kappa shape index (κ2) is 7.06. The topological polar surface area (TPSA) is 78.8 Å². The lowest BCUT2D eigenvalue weighted by atomic mass is 9.88. The number of benzene rings is 3. The van der Waals surface area contributed by atoms with E-state index in [2.05, 4.69) is 5.16 Å². The van der Waals surface area contributed by atoms with Gasteiger partial charge in [-0.15, -0.1) is 0 Å². The number of rotatable bonds is 3. The summed E-state index contributed by atoms with van der Waals surface area (Å²) in [6.07, 6.45) is 0. The zero-order chi connectivity index (χ0) is 18.8. The summed E-state index contributed by atoms with van der Waals surface area (Å²) in [5, 5.41) is 22.1. The maximum absolute atomic E-state index is 14.7. The first-order valence-electron chi connectivity index (χ1n) is 7.78. The molecule has 0 unspecified atom stereocenters. The molecule has 4 N–H and O–H groups in total. The van der Waals surface area contributed by atoms with Crippen molar-refractivity contribution in [3.05, 3.63) is 76.6 Å². The first kappa shape index (κ1) is 17.8. The van der Waals surface area contributed by atoms with E-state index in [0.717, 1.165) is 11.1 Å². The molecular formula is C20H16ClFN2O2. The summed E-state index contributed by atoms with van der Waals surface area (Å²) >= 11 is 5.88. The summed E-state index contributed by atoms with van der Waals surface area (Å²) in [4.78, 5) is 0. The maximum atomic E-state index is 14.7. The Bertz CT molecular complexity index is 1000. The third-order valence-electron chi connectivity index (χ3n) is 4.05. The number of nitrogens with zero attached hydrogens (tertiary/aromatic N) is 1. The van der Waals surface area contributed by atoms with E-state index >= 15 is 0 Å². The molecule has 3 aromatic rings. The van der Waals surface area contributed by atoms with Crippen molar-refractivity contribution < 1.29 is 14.7 Å². The van der Waals surface area contributed by atoms with Crippen molar-refractivity contribution in [3.63, 3.8) is 0 Å². The van der Waals surface area contributed by atoms with Crippen LogP contribution in [0.15, 0.2) is 59.8 Å². The van der Waals surface area contributed by atoms with Gasteiger partial charge in [0.15, 0.2) is 5.84 Å². The van der Waals surface area contributed by atoms with Crippen LogP contribution in [0.4, 0.5) is 4.39 Å². The fourth-order valence-electron chi connectivity index (χ4n) is 2.89. The molecule has 132 valence electrons. The minimum atomic E-state index is -0.520. The van der Waals surface area contributed by atoms with E-state index in [4.69, 9.17) is 17.3 Å². The Labute approximate surface area is 155 Å². The van der Waals surface area contributed by atoms with Crippen LogP contribution in [0.2, 0.25) is 5.02 Å². The molecule has 0 aliphatic heterocycles. The lowest BCUT2D eigenvalue weighted by Gasteiger charge is -2.17. The standard InChI is InChI=1S/C20H16ClFN2O2/c1-11-8-16(12-2-5-14(25)6-3-12)19(17(9-11)20(23)24-26)15-7-4-13(21)10-18(15)22/h2-10,25-26H,1H3,(H2,23,24). The van der Waals surface area contributed by atoms with Crippen LogP contribution in [-0.2, 0) is 0 Å². The minimum absolute atomic E-state index is 0.122. The van der Waals surface area contributed by atoms with Crippen molar-refractivity contribution in [2.75, 3.05) is 0 Å². The molecule has 0 aliphatic rings. The number of phenols is 1. The van der Waals surface area contributed by atoms with Gasteiger partial charge >= 0.3 is 0 Å². The van der Waals surface area contributed by atoms with Gasteiger partial charge in [-0.05, 0) is 60.0 Å². The minimum Gasteiger partial charge on any atom is -0.508 e. The first-order valence-corrected chi connectivity index (χ1v) is 8.16. The van der Waals surface area contributed by atoms with E-state index in [9.17, 15) is 14.7 Å². The molecule has 0 aromatic heterocycles. The number of halogens is 2. The van der Waals surface area contributed by atoms with Crippen LogP contribution >= 0.6 is 11.6 Å². The molecule has 26 heavy (non-hydrogen) atoms. The monoisotopic (exact) mass is 370 g/mol. The maximum Gasteiger partial charge on any atom is 0.170 e. The Morgan fingerprint density at radius 3 is 2.35 bits per heavy atom. The highest BCUT2D eigenvalue weighted by molar-refractivity contribution is 6.30. The van der Waals surface area contributed by atoms with Crippen molar-refractivity contribution in [2.24, 2.45) is 10.9 Å². The average Bonchev–Trinajstić information content (AvgIpc) is 2.61. The van der Waals surface area contributed by atoms with Crippen molar-refractivity contribution in [3.8, 4) is 28.0 Å². The van der Waals surface area contributed by atoms with Gasteiger partial charge in [0.2, 0.25) is 0 Å². The van der Waals surface area contributed by atoms with Gasteiger partial charge in [0, 0.05) is 21.7 Å². The van der Waals surface area contributed by atoms with Gasteiger partial charge in [-0.1, -0.05) is 35.0 Å². The van der Waals surface area contributed by atoms with Gasteiger partial charge in [-0.25, -0.2) is 4.39 Å². The second-order valence-electron chi connectivity index (χ2n) is 5.89. The van der Waals surface area contributed by atoms with Gasteiger partial charge in [-0.2, -0.15) is 0 Å². The Hall–Kier alpha value is -3.05. The molecule has 0 spiro atoms. The number of amidine groups is 1. The first-order chi connectivity index (χ1) is 12.4. The summed E-state index contributed by atoms with van der Waals surface area (Å²) in [6.45, 7) is 1.86. The van der Waals surface area contributed by atoms with Gasteiger partial charge < -0.3 is 16.0 Å². The van der Waals surface area contributed by atoms with Crippen LogP contribution in [0.1, 0.15) is 11.1 Å². The third-order valence-corrected chi connectivity index (χ3v) is 4.28. The molecule has 0 heterocycles. The lowest BCUT2D eigenvalue weighted by molar-refractivity contribution is 0.318. The number of hydrogen-bond acceptors (Lipinski definition) is 3. The predicted molar refractivity (Wildman–Crippen MR) is 101 cm³/mol. The molecule has 0 amide bonds. The van der Waals surface area contributed by atoms with Crippen molar-refractivity contribution in [1.82, 2.24) is 0 Å². The number of oxime groups is 1. The Morgan fingerprint density at radius 2 is 1.73 bits per heavy atom. The smallest absolute Gasteiger partial charge is 0.170 e. The second-order valence-corrected chi connectivity index (χ2v) is 6.33. The van der Waals surface area contributed by atoms with Crippen molar-refractivity contribution in [1.29, 1.82) is 0 Å². The van der Waals surface area contributed by atoms with E-state index in [1.54, 1.807) is 42.5 Å². The highest BCUT2D eigenvalue weighted by Gasteiger charge is 2.19. The Balaban J connectivity index is 2.40. The quantitative estimate of drug-likeness (QED) is 0.265. The van der Waals surface area contributed by atoms with Gasteiger partial charge in [0.05, 0.1) is 0 Å². The molecule has 0 bridgehead atoms. The molecule has 0 fully saturated rings. The van der Waals surface area contributed by atoms with E-state index < -0.39 is 5.82 Å². The molecule has 4 nitrogen and oxygen atoms in total. The van der Waals surface area contributed by atoms with E-state index in [1.807, 2.05) is 13.0 Å². The Kier molecular flexibility index (Phi) is 4.82. The lowest BCUT2D eigenvalue weighted by Crippen LogP contribution is -2.15. The number of nitrogens with two attached hydrogens (primary N) is 1. The van der Waals surface area contributed by atoms with Gasteiger partial charge in [-0.3, -0.25) is 0 Å². The molecule has 0 atom stereocenters. The summed E-state index contributed by atoms with van der Waals surface area (Å²) in [7, 11) is 0. The normalized spacial score (nSPS) is 11.6. The van der Waals surface area contributed by atoms with Crippen LogP contribution in [-0.4, -0.2) is 16.1 Å². The van der Waals surface area contributed by atoms with Crippen LogP contribution < -0.4 is 5.73 Å². The number of phenolic OH excluding ortho intramolecular Hbond substituents is 1. The molecule has 6 heteroatoms. The van der Waals surface area contributed by atoms with E-state index in [1.165, 1.54) is 6.07 Å². The Morgan fingerprint density at radius 1 is 1.04 bits per heavy atom. The summed E-state index contributed by atoms with van der Waals surface area (Å²) < 4.78 is 14.7. The van der Waals surface area contributed by atoms with E-state index in [0.29, 0.717) is 16.7 Å². The van der Waals surface area contributed by atoms with E-state index in [-0.39, 0.29) is 22.2 Å². The average molecular weight is 371 g/mol. The highest BCUT2D eigenvalue weighted by Crippen LogP contribution is 2.38. The van der Waals surface area contributed by atoms with Crippen LogP contribution in [0, 0.1) is 12.7 Å². The summed E-state index contributed by atoms with van der Waals surface area (Å²) in [5.74, 6) is -0.524. The fraction of sp³-hybridized carbons (Fsp3) is 0.0500. The predicted octanol–water partition coefficient (Wildman–Crippen LogP) is 4.92. The fourth-order valence-corrected chi connectivity index (χ4v) is 3.05. The molecule has 0 radical (unpaired) electrons. The zero-order valence-electron chi connectivity index (χ0n) is 13.9. The number of aryl methyl sites for hydroxylation is 1. The molecule has 3 aromatic carbocycles. The summed E-state index contributed by atoms with van der Waals surface area (Å²) in [6, 6.07) is 14.5. The van der Waals surface area contributed by atoms with Crippen molar-refractivity contribution >= 4 is 17.4 Å². The van der Waals surface area contributed by atoms with Crippen LogP contribution in [0.5, 0.6) is 5.75 Å². The van der Waals surface area contributed by atoms with Crippen LogP contribution in [0.25, 0.3) is 22.3 Å². The molecule has 0 saturated carbocycles. The molecule has 0 aliphatic carbocycles. The van der Waals surface area contributed by atoms with Crippen LogP contribution in [0.3, 0.4) is 0 Å². The number of aromatic hydroxyl groups is 1. The zero-order valence-corrected chi connectivity index (χ0v) is 14.6. The van der Waals surface area contributed by atoms with Gasteiger partial charge in [0.1, 0.15) is 11.6 Å². The molecule has 3 rings (SSSR count). The third kappa shape index (κ3) is 3.34. The highest BCUT2D eigenvalue weighted by atomic mass is 35.5.